The number of benzene rings is 1. The third-order valence-corrected chi connectivity index (χ3v) is 7.26. The summed E-state index contributed by atoms with van der Waals surface area (Å²) in [5, 5.41) is 3.90. The number of amides is 1. The summed E-state index contributed by atoms with van der Waals surface area (Å²) < 4.78 is 46.8. The number of aryl methyl sites for hydroxylation is 1. The molecule has 4 heterocycles. The number of carbonyl (C=O) groups is 1. The van der Waals surface area contributed by atoms with Crippen LogP contribution in [0.1, 0.15) is 63.5 Å². The van der Waals surface area contributed by atoms with Crippen LogP contribution in [0.15, 0.2) is 30.5 Å². The van der Waals surface area contributed by atoms with Crippen molar-refractivity contribution >= 4 is 28.6 Å². The highest BCUT2D eigenvalue weighted by Crippen LogP contribution is 2.42. The van der Waals surface area contributed by atoms with Gasteiger partial charge in [0.05, 0.1) is 23.3 Å². The van der Waals surface area contributed by atoms with Gasteiger partial charge in [0.2, 0.25) is 0 Å². The lowest BCUT2D eigenvalue weighted by atomic mass is 9.79. The minimum atomic E-state index is -2.90. The van der Waals surface area contributed by atoms with E-state index in [1.807, 2.05) is 26.8 Å². The largest absolute Gasteiger partial charge is 0.444 e. The lowest BCUT2D eigenvalue weighted by Crippen LogP contribution is -2.60. The molecule has 1 aromatic carbocycles. The zero-order chi connectivity index (χ0) is 28.1. The maximum Gasteiger partial charge on any atom is 0.410 e. The summed E-state index contributed by atoms with van der Waals surface area (Å²) in [5.74, 6) is 0.812. The summed E-state index contributed by atoms with van der Waals surface area (Å²) in [6.07, 6.45) is -0.573. The van der Waals surface area contributed by atoms with Crippen molar-refractivity contribution in [1.29, 1.82) is 0 Å². The van der Waals surface area contributed by atoms with Crippen LogP contribution in [0, 0.1) is 18.2 Å². The van der Waals surface area contributed by atoms with Crippen molar-refractivity contribution in [3.63, 3.8) is 0 Å². The molecule has 0 bridgehead atoms. The van der Waals surface area contributed by atoms with Gasteiger partial charge >= 0.3 is 6.09 Å². The predicted molar refractivity (Wildman–Crippen MR) is 143 cm³/mol. The van der Waals surface area contributed by atoms with Crippen molar-refractivity contribution in [3.8, 4) is 0 Å². The Morgan fingerprint density at radius 3 is 2.56 bits per heavy atom. The van der Waals surface area contributed by atoms with Crippen molar-refractivity contribution in [3.05, 3.63) is 53.2 Å². The van der Waals surface area contributed by atoms with Gasteiger partial charge in [0.15, 0.2) is 0 Å². The van der Waals surface area contributed by atoms with Crippen LogP contribution in [0.5, 0.6) is 0 Å². The summed E-state index contributed by atoms with van der Waals surface area (Å²) in [6.45, 7) is 11.8. The van der Waals surface area contributed by atoms with Crippen molar-refractivity contribution in [1.82, 2.24) is 19.9 Å². The minimum absolute atomic E-state index is 0.000154. The third kappa shape index (κ3) is 5.44. The molecule has 39 heavy (non-hydrogen) atoms. The van der Waals surface area contributed by atoms with Crippen LogP contribution < -0.4 is 10.2 Å². The van der Waals surface area contributed by atoms with E-state index in [0.29, 0.717) is 35.6 Å². The molecule has 2 aliphatic heterocycles. The lowest BCUT2D eigenvalue weighted by molar-refractivity contribution is -0.0266. The van der Waals surface area contributed by atoms with E-state index >= 15 is 0 Å². The third-order valence-electron chi connectivity index (χ3n) is 7.26. The number of ether oxygens (including phenoxy) is 1. The van der Waals surface area contributed by atoms with Gasteiger partial charge in [-0.25, -0.2) is 32.9 Å². The van der Waals surface area contributed by atoms with E-state index in [9.17, 15) is 18.0 Å². The number of aromatic nitrogens is 3. The molecular formula is C28H33F3N6O2. The fourth-order valence-electron chi connectivity index (χ4n) is 5.38. The Hall–Kier alpha value is -3.63. The first kappa shape index (κ1) is 27.0. The first-order valence-corrected chi connectivity index (χ1v) is 13.0. The normalized spacial score (nSPS) is 17.6. The van der Waals surface area contributed by atoms with Gasteiger partial charge in [0, 0.05) is 42.5 Å². The number of carbonyl (C=O) groups excluding carboxylic acids is 1. The summed E-state index contributed by atoms with van der Waals surface area (Å²) in [7, 11) is 0. The second-order valence-corrected chi connectivity index (χ2v) is 11.6. The van der Waals surface area contributed by atoms with E-state index in [1.54, 1.807) is 24.9 Å². The highest BCUT2D eigenvalue weighted by atomic mass is 19.3. The summed E-state index contributed by atoms with van der Waals surface area (Å²) >= 11 is 0. The van der Waals surface area contributed by atoms with Gasteiger partial charge < -0.3 is 19.9 Å². The van der Waals surface area contributed by atoms with Gasteiger partial charge in [-0.15, -0.1) is 0 Å². The van der Waals surface area contributed by atoms with Crippen LogP contribution in [0.2, 0.25) is 0 Å². The number of fused-ring (bicyclic) bond motifs is 1. The SMILES string of the molecule is Cc1nc(N[C@H](C)c2cccc(C(F)F)c2F)c2cc(N3CCC4(CN(C(=O)OC(C)(C)C)C4)C3)ncc2n1. The molecule has 2 aliphatic rings. The van der Waals surface area contributed by atoms with E-state index in [0.717, 1.165) is 31.4 Å². The van der Waals surface area contributed by atoms with Gasteiger partial charge in [0.1, 0.15) is 28.9 Å². The van der Waals surface area contributed by atoms with Crippen molar-refractivity contribution in [2.45, 2.75) is 59.1 Å². The molecule has 1 spiro atoms. The molecule has 8 nitrogen and oxygen atoms in total. The van der Waals surface area contributed by atoms with Crippen LogP contribution >= 0.6 is 0 Å². The van der Waals surface area contributed by atoms with Crippen molar-refractivity contribution in [2.24, 2.45) is 5.41 Å². The van der Waals surface area contributed by atoms with Gasteiger partial charge in [-0.3, -0.25) is 0 Å². The number of hydrogen-bond acceptors (Lipinski definition) is 7. The predicted octanol–water partition coefficient (Wildman–Crippen LogP) is 6.03. The minimum Gasteiger partial charge on any atom is -0.444 e. The smallest absolute Gasteiger partial charge is 0.410 e. The molecule has 0 unspecified atom stereocenters. The number of halogens is 3. The van der Waals surface area contributed by atoms with Crippen molar-refractivity contribution < 1.29 is 22.7 Å². The van der Waals surface area contributed by atoms with Crippen LogP contribution in [0.3, 0.4) is 0 Å². The Balaban J connectivity index is 1.35. The fraction of sp³-hybridized carbons (Fsp3) is 0.500. The van der Waals surface area contributed by atoms with Crippen LogP contribution in [0.4, 0.5) is 29.6 Å². The van der Waals surface area contributed by atoms with E-state index in [-0.39, 0.29) is 17.1 Å². The first-order chi connectivity index (χ1) is 18.3. The van der Waals surface area contributed by atoms with Gasteiger partial charge in [-0.05, 0) is 47.1 Å². The molecule has 5 rings (SSSR count). The van der Waals surface area contributed by atoms with Crippen LogP contribution in [-0.4, -0.2) is 57.7 Å². The van der Waals surface area contributed by atoms with E-state index in [1.165, 1.54) is 12.1 Å². The van der Waals surface area contributed by atoms with E-state index < -0.39 is 29.4 Å². The number of rotatable bonds is 5. The van der Waals surface area contributed by atoms with Gasteiger partial charge in [0.25, 0.3) is 6.43 Å². The van der Waals surface area contributed by atoms with E-state index in [4.69, 9.17) is 4.74 Å². The molecule has 0 aliphatic carbocycles. The Labute approximate surface area is 225 Å². The quantitative estimate of drug-likeness (QED) is 0.422. The van der Waals surface area contributed by atoms with Crippen LogP contribution in [0.25, 0.3) is 10.9 Å². The number of likely N-dealkylation sites (tertiary alicyclic amines) is 1. The highest BCUT2D eigenvalue weighted by molar-refractivity contribution is 5.90. The molecule has 1 N–H and O–H groups in total. The average Bonchev–Trinajstić information content (AvgIpc) is 3.27. The molecule has 1 amide bonds. The maximum atomic E-state index is 14.8. The molecule has 208 valence electrons. The molecule has 3 aromatic rings. The average molecular weight is 543 g/mol. The Morgan fingerprint density at radius 2 is 1.87 bits per heavy atom. The molecule has 0 radical (unpaired) electrons. The zero-order valence-corrected chi connectivity index (χ0v) is 22.8. The summed E-state index contributed by atoms with van der Waals surface area (Å²) in [6, 6.07) is 5.29. The molecule has 1 atom stereocenters. The topological polar surface area (TPSA) is 83.5 Å². The molecule has 0 saturated carbocycles. The standard InChI is InChI=1S/C28H33F3N6O2/c1-16(18-7-6-8-19(23(18)29)24(30)31)33-25-20-11-22(32-12-21(20)34-17(2)35-25)36-10-9-28(13-36)14-37(15-28)26(38)39-27(3,4)5/h6-8,11-12,16,24H,9-10,13-15H2,1-5H3,(H,33,34,35)/t16-/m1/s1. The van der Waals surface area contributed by atoms with Gasteiger partial charge in [-0.2, -0.15) is 0 Å². The summed E-state index contributed by atoms with van der Waals surface area (Å²) in [5.41, 5.74) is -0.401. The highest BCUT2D eigenvalue weighted by Gasteiger charge is 2.50. The number of hydrogen-bond donors (Lipinski definition) is 1. The Morgan fingerprint density at radius 1 is 1.15 bits per heavy atom. The first-order valence-electron chi connectivity index (χ1n) is 13.0. The Bertz CT molecular complexity index is 1400. The second-order valence-electron chi connectivity index (χ2n) is 11.6. The van der Waals surface area contributed by atoms with Crippen molar-refractivity contribution in [2.75, 3.05) is 36.4 Å². The summed E-state index contributed by atoms with van der Waals surface area (Å²) in [4.78, 5) is 30.0. The lowest BCUT2D eigenvalue weighted by Gasteiger charge is -2.47. The van der Waals surface area contributed by atoms with Gasteiger partial charge in [-0.1, -0.05) is 18.2 Å². The number of pyridine rings is 1. The number of nitrogens with zero attached hydrogens (tertiary/aromatic N) is 5. The molecular weight excluding hydrogens is 509 g/mol. The molecule has 2 saturated heterocycles. The Kier molecular flexibility index (Phi) is 6.80. The molecule has 11 heteroatoms. The molecule has 2 fully saturated rings. The van der Waals surface area contributed by atoms with E-state index in [2.05, 4.69) is 25.2 Å². The number of nitrogens with one attached hydrogen (secondary N) is 1. The molecule has 2 aromatic heterocycles. The fourth-order valence-corrected chi connectivity index (χ4v) is 5.38. The zero-order valence-electron chi connectivity index (χ0n) is 22.8. The number of alkyl halides is 2. The van der Waals surface area contributed by atoms with Crippen LogP contribution in [-0.2, 0) is 4.74 Å². The number of anilines is 2. The second kappa shape index (κ2) is 9.84. The monoisotopic (exact) mass is 542 g/mol. The maximum absolute atomic E-state index is 14.8.